The molecule has 4 rings (SSSR count). The topological polar surface area (TPSA) is 114 Å². The predicted molar refractivity (Wildman–Crippen MR) is 104 cm³/mol. The van der Waals surface area contributed by atoms with Crippen LogP contribution in [-0.4, -0.2) is 68.7 Å². The third-order valence-electron chi connectivity index (χ3n) is 4.77. The molecule has 1 aliphatic heterocycles. The van der Waals surface area contributed by atoms with E-state index < -0.39 is 5.91 Å². The van der Waals surface area contributed by atoms with Crippen molar-refractivity contribution >= 4 is 17.4 Å². The van der Waals surface area contributed by atoms with E-state index in [0.717, 1.165) is 24.2 Å². The number of carbonyl (C=O) groups excluding carboxylic acids is 1. The van der Waals surface area contributed by atoms with Crippen LogP contribution in [-0.2, 0) is 6.54 Å². The van der Waals surface area contributed by atoms with Crippen molar-refractivity contribution in [3.8, 4) is 11.8 Å². The molecule has 1 amide bonds. The third-order valence-corrected chi connectivity index (χ3v) is 4.77. The Morgan fingerprint density at radius 2 is 2.00 bits per heavy atom. The monoisotopic (exact) mass is 398 g/mol. The average Bonchev–Trinajstić information content (AvgIpc) is 3.31. The lowest BCUT2D eigenvalue weighted by molar-refractivity contribution is 0.101. The molecule has 3 aromatic heterocycles. The number of amides is 1. The fraction of sp³-hybridized carbons (Fsp3) is 0.368. The average molecular weight is 398 g/mol. The van der Waals surface area contributed by atoms with Gasteiger partial charge in [-0.05, 0) is 18.6 Å². The molecule has 4 heterocycles. The van der Waals surface area contributed by atoms with E-state index in [-0.39, 0.29) is 29.6 Å². The van der Waals surface area contributed by atoms with Gasteiger partial charge in [-0.15, -0.1) is 0 Å². The molecule has 0 radical (unpaired) electrons. The number of imidazole rings is 1. The van der Waals surface area contributed by atoms with E-state index in [0.29, 0.717) is 13.1 Å². The van der Waals surface area contributed by atoms with Gasteiger partial charge in [0.2, 0.25) is 23.5 Å². The van der Waals surface area contributed by atoms with E-state index in [2.05, 4.69) is 25.2 Å². The maximum atomic E-state index is 12.9. The van der Waals surface area contributed by atoms with Crippen LogP contribution in [0.25, 0.3) is 5.52 Å². The Hall–Kier alpha value is -3.24. The minimum Gasteiger partial charge on any atom is -0.481 e. The summed E-state index contributed by atoms with van der Waals surface area (Å²) >= 11 is 0. The van der Waals surface area contributed by atoms with E-state index in [1.807, 2.05) is 18.2 Å². The summed E-state index contributed by atoms with van der Waals surface area (Å²) in [5.74, 6) is 0.375. The summed E-state index contributed by atoms with van der Waals surface area (Å²) in [5.41, 5.74) is 1.61. The van der Waals surface area contributed by atoms with Crippen molar-refractivity contribution in [2.75, 3.05) is 32.6 Å². The van der Waals surface area contributed by atoms with Crippen LogP contribution in [0.1, 0.15) is 22.7 Å². The first kappa shape index (κ1) is 19.1. The normalized spacial score (nSPS) is 16.9. The van der Waals surface area contributed by atoms with Gasteiger partial charge in [-0.25, -0.2) is 4.98 Å². The second-order valence-corrected chi connectivity index (χ2v) is 6.75. The summed E-state index contributed by atoms with van der Waals surface area (Å²) in [6, 6.07) is 7.16. The van der Waals surface area contributed by atoms with E-state index in [4.69, 9.17) is 9.47 Å². The maximum Gasteiger partial charge on any atom is 0.294 e. The van der Waals surface area contributed by atoms with Crippen LogP contribution in [0.3, 0.4) is 0 Å². The van der Waals surface area contributed by atoms with Crippen molar-refractivity contribution < 1.29 is 19.4 Å². The van der Waals surface area contributed by atoms with Crippen molar-refractivity contribution in [1.29, 1.82) is 0 Å². The number of β-amino-alcohol motifs (C(OH)–C–C–N with tert-alkyl or cyclic N) is 1. The molecule has 1 aliphatic rings. The SMILES string of the molecule is COc1cc(OC)nc(NC(=O)c2nc(CN3CCC(O)C3)c3ccccn23)n1. The smallest absolute Gasteiger partial charge is 0.294 e. The van der Waals surface area contributed by atoms with Gasteiger partial charge in [0, 0.05) is 25.8 Å². The molecular weight excluding hydrogens is 376 g/mol. The summed E-state index contributed by atoms with van der Waals surface area (Å²) < 4.78 is 12.0. The minimum atomic E-state index is -0.450. The number of aromatic nitrogens is 4. The summed E-state index contributed by atoms with van der Waals surface area (Å²) in [6.07, 6.45) is 2.22. The van der Waals surface area contributed by atoms with Crippen molar-refractivity contribution in [1.82, 2.24) is 24.3 Å². The van der Waals surface area contributed by atoms with Gasteiger partial charge >= 0.3 is 0 Å². The third kappa shape index (κ3) is 3.98. The highest BCUT2D eigenvalue weighted by atomic mass is 16.5. The van der Waals surface area contributed by atoms with Crippen molar-refractivity contribution in [3.05, 3.63) is 42.0 Å². The van der Waals surface area contributed by atoms with Crippen LogP contribution < -0.4 is 14.8 Å². The highest BCUT2D eigenvalue weighted by Gasteiger charge is 2.24. The fourth-order valence-corrected chi connectivity index (χ4v) is 3.37. The number of carbonyl (C=O) groups is 1. The molecule has 10 heteroatoms. The number of anilines is 1. The number of aliphatic hydroxyl groups excluding tert-OH is 1. The molecule has 29 heavy (non-hydrogen) atoms. The zero-order valence-corrected chi connectivity index (χ0v) is 16.2. The molecule has 152 valence electrons. The number of likely N-dealkylation sites (tertiary alicyclic amines) is 1. The van der Waals surface area contributed by atoms with Crippen LogP contribution in [0.5, 0.6) is 11.8 Å². The Balaban J connectivity index is 1.62. The number of nitrogens with one attached hydrogen (secondary N) is 1. The first-order valence-electron chi connectivity index (χ1n) is 9.22. The van der Waals surface area contributed by atoms with Crippen LogP contribution >= 0.6 is 0 Å². The molecule has 0 bridgehead atoms. The van der Waals surface area contributed by atoms with Crippen molar-refractivity contribution in [2.45, 2.75) is 19.1 Å². The van der Waals surface area contributed by atoms with Gasteiger partial charge in [0.05, 0.1) is 37.6 Å². The fourth-order valence-electron chi connectivity index (χ4n) is 3.37. The minimum absolute atomic E-state index is 0.0584. The Morgan fingerprint density at radius 1 is 1.24 bits per heavy atom. The maximum absolute atomic E-state index is 12.9. The Labute approximate surface area is 167 Å². The number of fused-ring (bicyclic) bond motifs is 1. The highest BCUT2D eigenvalue weighted by Crippen LogP contribution is 2.20. The van der Waals surface area contributed by atoms with Crippen molar-refractivity contribution in [3.63, 3.8) is 0 Å². The van der Waals surface area contributed by atoms with E-state index in [9.17, 15) is 9.90 Å². The highest BCUT2D eigenvalue weighted by molar-refractivity contribution is 6.01. The summed E-state index contributed by atoms with van der Waals surface area (Å²) in [6.45, 7) is 1.96. The number of hydrogen-bond donors (Lipinski definition) is 2. The zero-order valence-electron chi connectivity index (χ0n) is 16.2. The number of ether oxygens (including phenoxy) is 2. The van der Waals surface area contributed by atoms with Gasteiger partial charge in [0.15, 0.2) is 0 Å². The molecule has 3 aromatic rings. The number of aliphatic hydroxyl groups is 1. The molecule has 0 aromatic carbocycles. The van der Waals surface area contributed by atoms with Gasteiger partial charge in [-0.1, -0.05) is 6.07 Å². The lowest BCUT2D eigenvalue weighted by atomic mass is 10.3. The molecule has 0 aliphatic carbocycles. The Morgan fingerprint density at radius 3 is 2.66 bits per heavy atom. The second-order valence-electron chi connectivity index (χ2n) is 6.75. The van der Waals surface area contributed by atoms with Gasteiger partial charge in [0.1, 0.15) is 0 Å². The standard InChI is InChI=1S/C19H22N6O4/c1-28-15-9-16(29-2)22-19(21-15)23-18(27)17-20-13(11-24-8-6-12(26)10-24)14-5-3-4-7-25(14)17/h3-5,7,9,12,26H,6,8,10-11H2,1-2H3,(H,21,22,23,27). The summed E-state index contributed by atoms with van der Waals surface area (Å²) in [5, 5.41) is 12.4. The quantitative estimate of drug-likeness (QED) is 0.631. The lowest BCUT2D eigenvalue weighted by Gasteiger charge is -2.12. The summed E-state index contributed by atoms with van der Waals surface area (Å²) in [4.78, 5) is 27.9. The molecule has 10 nitrogen and oxygen atoms in total. The Kier molecular flexibility index (Phi) is 5.28. The van der Waals surface area contributed by atoms with Crippen LogP contribution in [0, 0.1) is 0 Å². The lowest BCUT2D eigenvalue weighted by Crippen LogP contribution is -2.22. The van der Waals surface area contributed by atoms with E-state index >= 15 is 0 Å². The molecular formula is C19H22N6O4. The first-order valence-corrected chi connectivity index (χ1v) is 9.22. The predicted octanol–water partition coefficient (Wildman–Crippen LogP) is 0.960. The van der Waals surface area contributed by atoms with Crippen LogP contribution in [0.2, 0.25) is 0 Å². The number of nitrogens with zero attached hydrogens (tertiary/aromatic N) is 5. The molecule has 2 N–H and O–H groups in total. The molecule has 1 saturated heterocycles. The van der Waals surface area contributed by atoms with Gasteiger partial charge in [-0.3, -0.25) is 19.4 Å². The first-order chi connectivity index (χ1) is 14.1. The van der Waals surface area contributed by atoms with Crippen LogP contribution in [0.15, 0.2) is 30.5 Å². The molecule has 0 saturated carbocycles. The largest absolute Gasteiger partial charge is 0.481 e. The molecule has 1 fully saturated rings. The number of rotatable bonds is 6. The number of methoxy groups -OCH3 is 2. The zero-order chi connectivity index (χ0) is 20.4. The molecule has 1 unspecified atom stereocenters. The molecule has 0 spiro atoms. The summed E-state index contributed by atoms with van der Waals surface area (Å²) in [7, 11) is 2.94. The van der Waals surface area contributed by atoms with E-state index in [1.165, 1.54) is 20.3 Å². The number of hydrogen-bond acceptors (Lipinski definition) is 8. The van der Waals surface area contributed by atoms with Crippen LogP contribution in [0.4, 0.5) is 5.95 Å². The van der Waals surface area contributed by atoms with Crippen molar-refractivity contribution in [2.24, 2.45) is 0 Å². The van der Waals surface area contributed by atoms with E-state index in [1.54, 1.807) is 10.6 Å². The van der Waals surface area contributed by atoms with Gasteiger partial charge in [-0.2, -0.15) is 9.97 Å². The molecule has 1 atom stereocenters. The van der Waals surface area contributed by atoms with Gasteiger partial charge in [0.25, 0.3) is 5.91 Å². The second kappa shape index (κ2) is 8.02. The van der Waals surface area contributed by atoms with Gasteiger partial charge < -0.3 is 14.6 Å². The Bertz CT molecular complexity index is 1010. The number of pyridine rings is 1.